The highest BCUT2D eigenvalue weighted by Crippen LogP contribution is 2.18. The van der Waals surface area contributed by atoms with E-state index in [-0.39, 0.29) is 6.54 Å². The average Bonchev–Trinajstić information content (AvgIpc) is 2.64. The number of halogens is 4. The molecule has 7 heteroatoms. The Morgan fingerprint density at radius 1 is 0.778 bits per heavy atom. The first kappa shape index (κ1) is 20.6. The van der Waals surface area contributed by atoms with Crippen LogP contribution in [0.2, 0.25) is 0 Å². The summed E-state index contributed by atoms with van der Waals surface area (Å²) in [6, 6.07) is 4.56. The van der Waals surface area contributed by atoms with Crippen molar-refractivity contribution in [3.63, 3.8) is 0 Å². The molecule has 0 radical (unpaired) electrons. The topological polar surface area (TPSA) is 37.4 Å². The molecule has 0 fully saturated rings. The Balaban J connectivity index is 2.38. The van der Waals surface area contributed by atoms with E-state index in [2.05, 4.69) is 0 Å². The third kappa shape index (κ3) is 5.15. The molecule has 0 spiro atoms. The highest BCUT2D eigenvalue weighted by Gasteiger charge is 2.28. The first-order valence-electron chi connectivity index (χ1n) is 8.61. The predicted molar refractivity (Wildman–Crippen MR) is 92.2 cm³/mol. The summed E-state index contributed by atoms with van der Waals surface area (Å²) >= 11 is 0. The molecule has 27 heavy (non-hydrogen) atoms. The number of amides is 2. The Kier molecular flexibility index (Phi) is 7.10. The maximum Gasteiger partial charge on any atom is 0.263 e. The van der Waals surface area contributed by atoms with Crippen molar-refractivity contribution in [2.75, 3.05) is 6.54 Å². The van der Waals surface area contributed by atoms with E-state index in [0.717, 1.165) is 37.1 Å². The number of benzene rings is 2. The summed E-state index contributed by atoms with van der Waals surface area (Å²) < 4.78 is 54.8. The molecule has 0 aliphatic carbocycles. The standard InChI is InChI=1S/C20H19F4NO2/c1-2-3-4-5-10-25(19(26)15-11-13(21)6-8-17(15)23)20(27)16-12-14(22)7-9-18(16)24/h6-9,11-12H,2-5,10H2,1H3. The van der Waals surface area contributed by atoms with E-state index < -0.39 is 46.2 Å². The molecule has 0 heterocycles. The first-order chi connectivity index (χ1) is 12.8. The largest absolute Gasteiger partial charge is 0.274 e. The van der Waals surface area contributed by atoms with Crippen LogP contribution in [0.15, 0.2) is 36.4 Å². The van der Waals surface area contributed by atoms with Gasteiger partial charge in [-0.05, 0) is 42.8 Å². The van der Waals surface area contributed by atoms with Crippen molar-refractivity contribution >= 4 is 11.8 Å². The molecule has 0 saturated carbocycles. The fourth-order valence-electron chi connectivity index (χ4n) is 2.61. The maximum atomic E-state index is 14.0. The van der Waals surface area contributed by atoms with Crippen molar-refractivity contribution < 1.29 is 27.2 Å². The lowest BCUT2D eigenvalue weighted by molar-refractivity contribution is 0.0607. The molecule has 0 atom stereocenters. The van der Waals surface area contributed by atoms with Gasteiger partial charge in [-0.15, -0.1) is 0 Å². The number of nitrogens with zero attached hydrogens (tertiary/aromatic N) is 1. The quantitative estimate of drug-likeness (QED) is 0.380. The zero-order valence-corrected chi connectivity index (χ0v) is 14.8. The van der Waals surface area contributed by atoms with E-state index >= 15 is 0 Å². The zero-order valence-electron chi connectivity index (χ0n) is 14.8. The van der Waals surface area contributed by atoms with Gasteiger partial charge < -0.3 is 0 Å². The molecule has 3 nitrogen and oxygen atoms in total. The highest BCUT2D eigenvalue weighted by molar-refractivity contribution is 6.10. The lowest BCUT2D eigenvalue weighted by atomic mass is 10.1. The van der Waals surface area contributed by atoms with Gasteiger partial charge in [0.2, 0.25) is 0 Å². The van der Waals surface area contributed by atoms with E-state index in [9.17, 15) is 27.2 Å². The Morgan fingerprint density at radius 3 is 1.70 bits per heavy atom. The molecule has 2 rings (SSSR count). The minimum Gasteiger partial charge on any atom is -0.274 e. The Bertz CT molecular complexity index is 775. The molecular formula is C20H19F4NO2. The van der Waals surface area contributed by atoms with Gasteiger partial charge in [0.25, 0.3) is 11.8 Å². The number of hydrogen-bond donors (Lipinski definition) is 0. The van der Waals surface area contributed by atoms with Crippen LogP contribution >= 0.6 is 0 Å². The van der Waals surface area contributed by atoms with Gasteiger partial charge in [-0.25, -0.2) is 17.6 Å². The number of carbonyl (C=O) groups is 2. The van der Waals surface area contributed by atoms with E-state index in [1.54, 1.807) is 0 Å². The van der Waals surface area contributed by atoms with Gasteiger partial charge in [-0.3, -0.25) is 14.5 Å². The molecular weight excluding hydrogens is 362 g/mol. The number of rotatable bonds is 7. The molecule has 2 aromatic rings. The molecule has 0 N–H and O–H groups in total. The van der Waals surface area contributed by atoms with Crippen LogP contribution in [0.25, 0.3) is 0 Å². The fourth-order valence-corrected chi connectivity index (χ4v) is 2.61. The van der Waals surface area contributed by atoms with Gasteiger partial charge >= 0.3 is 0 Å². The Hall–Kier alpha value is -2.70. The second-order valence-corrected chi connectivity index (χ2v) is 6.07. The Labute approximate surface area is 154 Å². The van der Waals surface area contributed by atoms with E-state index in [1.165, 1.54) is 0 Å². The van der Waals surface area contributed by atoms with Crippen molar-refractivity contribution in [2.45, 2.75) is 32.6 Å². The summed E-state index contributed by atoms with van der Waals surface area (Å²) in [6.45, 7) is 1.85. The van der Waals surface area contributed by atoms with Crippen molar-refractivity contribution in [3.8, 4) is 0 Å². The number of imide groups is 1. The third-order valence-electron chi connectivity index (χ3n) is 4.04. The molecule has 0 aliphatic rings. The summed E-state index contributed by atoms with van der Waals surface area (Å²) in [5.41, 5.74) is -1.29. The predicted octanol–water partition coefficient (Wildman–Crippen LogP) is 5.11. The van der Waals surface area contributed by atoms with Crippen LogP contribution in [0.1, 0.15) is 53.3 Å². The van der Waals surface area contributed by atoms with Crippen LogP contribution in [0.3, 0.4) is 0 Å². The molecule has 0 aliphatic heterocycles. The van der Waals surface area contributed by atoms with Gasteiger partial charge in [0.1, 0.15) is 23.3 Å². The number of unbranched alkanes of at least 4 members (excludes halogenated alkanes) is 3. The lowest BCUT2D eigenvalue weighted by Gasteiger charge is -2.21. The number of hydrogen-bond acceptors (Lipinski definition) is 2. The van der Waals surface area contributed by atoms with Crippen LogP contribution in [0.4, 0.5) is 17.6 Å². The highest BCUT2D eigenvalue weighted by atomic mass is 19.1. The molecule has 2 aromatic carbocycles. The van der Waals surface area contributed by atoms with Crippen molar-refractivity contribution in [1.82, 2.24) is 4.90 Å². The van der Waals surface area contributed by atoms with Crippen LogP contribution in [-0.2, 0) is 0 Å². The van der Waals surface area contributed by atoms with Crippen LogP contribution < -0.4 is 0 Å². The summed E-state index contributed by atoms with van der Waals surface area (Å²) in [5.74, 6) is -5.92. The van der Waals surface area contributed by atoms with Crippen LogP contribution in [-0.4, -0.2) is 23.3 Å². The molecule has 0 unspecified atom stereocenters. The summed E-state index contributed by atoms with van der Waals surface area (Å²) in [7, 11) is 0. The van der Waals surface area contributed by atoms with Crippen molar-refractivity contribution in [1.29, 1.82) is 0 Å². The fraction of sp³-hybridized carbons (Fsp3) is 0.300. The number of carbonyl (C=O) groups excluding carboxylic acids is 2. The smallest absolute Gasteiger partial charge is 0.263 e. The zero-order chi connectivity index (χ0) is 20.0. The second kappa shape index (κ2) is 9.30. The molecule has 144 valence electrons. The minimum absolute atomic E-state index is 0.121. The first-order valence-corrected chi connectivity index (χ1v) is 8.61. The minimum atomic E-state index is -1.10. The van der Waals surface area contributed by atoms with E-state index in [0.29, 0.717) is 29.9 Å². The summed E-state index contributed by atoms with van der Waals surface area (Å²) in [5, 5.41) is 0. The monoisotopic (exact) mass is 381 g/mol. The second-order valence-electron chi connectivity index (χ2n) is 6.07. The molecule has 0 saturated heterocycles. The normalized spacial score (nSPS) is 10.7. The van der Waals surface area contributed by atoms with Gasteiger partial charge in [-0.2, -0.15) is 0 Å². The lowest BCUT2D eigenvalue weighted by Crippen LogP contribution is -2.38. The average molecular weight is 381 g/mol. The summed E-state index contributed by atoms with van der Waals surface area (Å²) in [4.78, 5) is 26.0. The van der Waals surface area contributed by atoms with Crippen molar-refractivity contribution in [2.24, 2.45) is 0 Å². The summed E-state index contributed by atoms with van der Waals surface area (Å²) in [6.07, 6.45) is 2.84. The van der Waals surface area contributed by atoms with Crippen LogP contribution in [0, 0.1) is 23.3 Å². The van der Waals surface area contributed by atoms with Crippen LogP contribution in [0.5, 0.6) is 0 Å². The van der Waals surface area contributed by atoms with Crippen molar-refractivity contribution in [3.05, 3.63) is 70.8 Å². The van der Waals surface area contributed by atoms with Gasteiger partial charge in [-0.1, -0.05) is 26.2 Å². The third-order valence-corrected chi connectivity index (χ3v) is 4.04. The molecule has 0 bridgehead atoms. The van der Waals surface area contributed by atoms with E-state index in [1.807, 2.05) is 6.92 Å². The molecule has 2 amide bonds. The van der Waals surface area contributed by atoms with E-state index in [4.69, 9.17) is 0 Å². The Morgan fingerprint density at radius 2 is 1.26 bits per heavy atom. The SMILES string of the molecule is CCCCCCN(C(=O)c1cc(F)ccc1F)C(=O)c1cc(F)ccc1F. The van der Waals surface area contributed by atoms with Gasteiger partial charge in [0.05, 0.1) is 11.1 Å². The van der Waals surface area contributed by atoms with Gasteiger partial charge in [0.15, 0.2) is 0 Å². The van der Waals surface area contributed by atoms with Gasteiger partial charge in [0, 0.05) is 6.54 Å². The maximum absolute atomic E-state index is 14.0. The molecule has 0 aromatic heterocycles.